The fourth-order valence-corrected chi connectivity index (χ4v) is 5.94. The topological polar surface area (TPSA) is 37.4 Å². The van der Waals surface area contributed by atoms with Gasteiger partial charge in [-0.3, -0.25) is 14.5 Å². The van der Waals surface area contributed by atoms with E-state index in [-0.39, 0.29) is 39.5 Å². The highest BCUT2D eigenvalue weighted by atomic mass is 16.2. The number of imide groups is 1. The van der Waals surface area contributed by atoms with Crippen molar-refractivity contribution in [3.8, 4) is 0 Å². The largest absolute Gasteiger partial charge is 0.269 e. The molecule has 3 rings (SSSR count). The predicted octanol–water partition coefficient (Wildman–Crippen LogP) is 5.68. The highest BCUT2D eigenvalue weighted by molar-refractivity contribution is 6.13. The van der Waals surface area contributed by atoms with Crippen LogP contribution in [0.4, 0.5) is 0 Å². The first kappa shape index (κ1) is 20.8. The normalized spacial score (nSPS) is 22.2. The average Bonchev–Trinajstić information content (AvgIpc) is 3.03. The van der Waals surface area contributed by atoms with Crippen molar-refractivity contribution in [2.24, 2.45) is 10.8 Å². The van der Waals surface area contributed by atoms with Crippen LogP contribution in [0.25, 0.3) is 0 Å². The summed E-state index contributed by atoms with van der Waals surface area (Å²) < 4.78 is 0. The Kier molecular flexibility index (Phi) is 4.50. The molecular weight excluding hydrogens is 346 g/mol. The molecule has 1 heterocycles. The summed E-state index contributed by atoms with van der Waals surface area (Å²) in [6.45, 7) is 20.4. The van der Waals surface area contributed by atoms with Crippen molar-refractivity contribution in [1.29, 1.82) is 0 Å². The highest BCUT2D eigenvalue weighted by Gasteiger charge is 2.59. The van der Waals surface area contributed by atoms with Gasteiger partial charge < -0.3 is 0 Å². The molecule has 1 aliphatic heterocycles. The molecule has 2 amide bonds. The number of fused-ring (bicyclic) bond motifs is 1. The number of carbonyl (C=O) groups excluding carboxylic acids is 2. The summed E-state index contributed by atoms with van der Waals surface area (Å²) in [5, 5.41) is 0. The third kappa shape index (κ3) is 2.77. The van der Waals surface area contributed by atoms with E-state index in [0.29, 0.717) is 0 Å². The summed E-state index contributed by atoms with van der Waals surface area (Å²) in [6.07, 6.45) is 3.59. The van der Waals surface area contributed by atoms with E-state index >= 15 is 0 Å². The van der Waals surface area contributed by atoms with Crippen molar-refractivity contribution in [1.82, 2.24) is 4.90 Å². The summed E-state index contributed by atoms with van der Waals surface area (Å²) in [4.78, 5) is 26.8. The zero-order valence-corrected chi connectivity index (χ0v) is 18.9. The molecule has 1 aromatic rings. The van der Waals surface area contributed by atoms with Crippen molar-refractivity contribution < 1.29 is 9.59 Å². The molecule has 3 nitrogen and oxygen atoms in total. The molecule has 0 unspecified atom stereocenters. The molecular formula is C25H35NO2. The first-order valence-corrected chi connectivity index (χ1v) is 10.3. The van der Waals surface area contributed by atoms with Gasteiger partial charge in [0, 0.05) is 17.6 Å². The van der Waals surface area contributed by atoms with Gasteiger partial charge in [0.2, 0.25) is 0 Å². The van der Waals surface area contributed by atoms with Crippen LogP contribution in [0, 0.1) is 10.8 Å². The highest BCUT2D eigenvalue weighted by Crippen LogP contribution is 2.64. The van der Waals surface area contributed by atoms with Crippen LogP contribution in [-0.2, 0) is 20.4 Å². The SMILES string of the molecule is CC(C)(C)c1cccc2c1[C@@H](N1C(=O)C=CC1=O)CC2(C(C)(C)C)C(C)(C)C. The van der Waals surface area contributed by atoms with E-state index in [9.17, 15) is 9.59 Å². The van der Waals surface area contributed by atoms with E-state index in [2.05, 4.69) is 80.5 Å². The van der Waals surface area contributed by atoms with Gasteiger partial charge in [-0.05, 0) is 39.4 Å². The lowest BCUT2D eigenvalue weighted by atomic mass is 9.51. The van der Waals surface area contributed by atoms with Crippen LogP contribution in [0.15, 0.2) is 30.4 Å². The Bertz CT molecular complexity index is 824. The fraction of sp³-hybridized carbons (Fsp3) is 0.600. The second kappa shape index (κ2) is 6.05. The molecule has 0 bridgehead atoms. The lowest BCUT2D eigenvalue weighted by molar-refractivity contribution is -0.140. The van der Waals surface area contributed by atoms with E-state index in [1.165, 1.54) is 33.7 Å². The van der Waals surface area contributed by atoms with Crippen molar-refractivity contribution in [2.75, 3.05) is 0 Å². The average molecular weight is 382 g/mol. The van der Waals surface area contributed by atoms with Gasteiger partial charge in [-0.15, -0.1) is 0 Å². The van der Waals surface area contributed by atoms with Crippen LogP contribution in [0.1, 0.15) is 91.5 Å². The number of benzene rings is 1. The zero-order valence-electron chi connectivity index (χ0n) is 18.9. The molecule has 1 atom stereocenters. The Morgan fingerprint density at radius 3 is 1.79 bits per heavy atom. The second-order valence-corrected chi connectivity index (χ2v) is 11.5. The summed E-state index contributed by atoms with van der Waals surface area (Å²) in [5.41, 5.74) is 3.41. The lowest BCUT2D eigenvalue weighted by Crippen LogP contribution is -2.49. The van der Waals surface area contributed by atoms with Crippen LogP contribution in [0.2, 0.25) is 0 Å². The number of hydrogen-bond donors (Lipinski definition) is 0. The van der Waals surface area contributed by atoms with Crippen LogP contribution < -0.4 is 0 Å². The Balaban J connectivity index is 2.38. The Labute approximate surface area is 170 Å². The van der Waals surface area contributed by atoms with E-state index in [1.807, 2.05) is 0 Å². The summed E-state index contributed by atoms with van der Waals surface area (Å²) >= 11 is 0. The minimum atomic E-state index is -0.223. The smallest absolute Gasteiger partial charge is 0.254 e. The van der Waals surface area contributed by atoms with Crippen LogP contribution >= 0.6 is 0 Å². The van der Waals surface area contributed by atoms with Gasteiger partial charge in [0.1, 0.15) is 0 Å². The second-order valence-electron chi connectivity index (χ2n) is 11.5. The number of amides is 2. The Morgan fingerprint density at radius 2 is 1.36 bits per heavy atom. The van der Waals surface area contributed by atoms with Gasteiger partial charge in [0.05, 0.1) is 6.04 Å². The number of rotatable bonds is 1. The maximum Gasteiger partial charge on any atom is 0.254 e. The molecule has 1 aromatic carbocycles. The molecule has 0 saturated heterocycles. The van der Waals surface area contributed by atoms with E-state index in [1.54, 1.807) is 0 Å². The predicted molar refractivity (Wildman–Crippen MR) is 114 cm³/mol. The van der Waals surface area contributed by atoms with Gasteiger partial charge in [-0.25, -0.2) is 0 Å². The van der Waals surface area contributed by atoms with Gasteiger partial charge in [-0.1, -0.05) is 80.5 Å². The molecule has 0 aromatic heterocycles. The maximum atomic E-state index is 12.7. The van der Waals surface area contributed by atoms with E-state index in [4.69, 9.17) is 0 Å². The molecule has 0 spiro atoms. The van der Waals surface area contributed by atoms with Crippen molar-refractivity contribution in [2.45, 2.75) is 85.6 Å². The molecule has 2 aliphatic rings. The molecule has 28 heavy (non-hydrogen) atoms. The quantitative estimate of drug-likeness (QED) is 0.587. The molecule has 0 saturated carbocycles. The summed E-state index contributed by atoms with van der Waals surface area (Å²) in [5.74, 6) is -0.383. The summed E-state index contributed by atoms with van der Waals surface area (Å²) in [6, 6.07) is 6.34. The number of nitrogens with zero attached hydrogens (tertiary/aromatic N) is 1. The molecule has 0 radical (unpaired) electrons. The van der Waals surface area contributed by atoms with E-state index in [0.717, 1.165) is 6.42 Å². The van der Waals surface area contributed by atoms with Gasteiger partial charge in [0.15, 0.2) is 0 Å². The first-order valence-electron chi connectivity index (χ1n) is 10.3. The molecule has 0 fully saturated rings. The molecule has 1 aliphatic carbocycles. The number of hydrogen-bond acceptors (Lipinski definition) is 2. The fourth-order valence-electron chi connectivity index (χ4n) is 5.94. The minimum Gasteiger partial charge on any atom is -0.269 e. The van der Waals surface area contributed by atoms with Crippen molar-refractivity contribution in [3.05, 3.63) is 47.0 Å². The molecule has 3 heteroatoms. The van der Waals surface area contributed by atoms with Crippen LogP contribution in [0.3, 0.4) is 0 Å². The third-order valence-electron chi connectivity index (χ3n) is 6.92. The molecule has 152 valence electrons. The first-order chi connectivity index (χ1) is 12.6. The van der Waals surface area contributed by atoms with Crippen LogP contribution in [0.5, 0.6) is 0 Å². The van der Waals surface area contributed by atoms with Crippen LogP contribution in [-0.4, -0.2) is 16.7 Å². The van der Waals surface area contributed by atoms with Crippen molar-refractivity contribution in [3.63, 3.8) is 0 Å². The summed E-state index contributed by atoms with van der Waals surface area (Å²) in [7, 11) is 0. The van der Waals surface area contributed by atoms with Gasteiger partial charge >= 0.3 is 0 Å². The monoisotopic (exact) mass is 381 g/mol. The number of carbonyl (C=O) groups is 2. The van der Waals surface area contributed by atoms with Gasteiger partial charge in [-0.2, -0.15) is 0 Å². The Hall–Kier alpha value is -1.90. The zero-order chi connectivity index (χ0) is 21.3. The minimum absolute atomic E-state index is 0.0372. The third-order valence-corrected chi connectivity index (χ3v) is 6.92. The molecule has 0 N–H and O–H groups in total. The van der Waals surface area contributed by atoms with Crippen molar-refractivity contribution >= 4 is 11.8 Å². The standard InChI is InChI=1S/C25H35NO2/c1-22(2,3)16-11-10-12-17-21(16)18(26-19(27)13-14-20(26)28)15-25(17,23(4,5)6)24(7,8)9/h10-14,18H,15H2,1-9H3/t18-/m0/s1. The maximum absolute atomic E-state index is 12.7. The Morgan fingerprint density at radius 1 is 0.857 bits per heavy atom. The van der Waals surface area contributed by atoms with E-state index < -0.39 is 0 Å². The lowest BCUT2D eigenvalue weighted by Gasteiger charge is -2.53. The van der Waals surface area contributed by atoms with Gasteiger partial charge in [0.25, 0.3) is 11.8 Å².